The third-order valence-corrected chi connectivity index (χ3v) is 8.29. The highest BCUT2D eigenvalue weighted by molar-refractivity contribution is 5.77. The summed E-state index contributed by atoms with van der Waals surface area (Å²) in [5, 5.41) is 0. The zero-order chi connectivity index (χ0) is 38.4. The van der Waals surface area contributed by atoms with Gasteiger partial charge >= 0.3 is 0 Å². The summed E-state index contributed by atoms with van der Waals surface area (Å²) in [6.45, 7) is 9.48. The highest BCUT2D eigenvalue weighted by Crippen LogP contribution is 2.32. The van der Waals surface area contributed by atoms with Gasteiger partial charge < -0.3 is 0 Å². The van der Waals surface area contributed by atoms with E-state index in [4.69, 9.17) is 0 Å². The molecular formula is C43H35F9. The van der Waals surface area contributed by atoms with Crippen LogP contribution in [-0.4, -0.2) is 0 Å². The van der Waals surface area contributed by atoms with E-state index in [0.717, 1.165) is 41.0 Å². The molecule has 5 aromatic carbocycles. The Labute approximate surface area is 297 Å². The summed E-state index contributed by atoms with van der Waals surface area (Å²) in [5.74, 6) is -5.79. The van der Waals surface area contributed by atoms with Crippen LogP contribution < -0.4 is 0 Å². The first-order valence-electron chi connectivity index (χ1n) is 16.1. The molecule has 0 unspecified atom stereocenters. The SMILES string of the molecule is CC1=C(F)C=C(c2ccc(C)cc2F)C=C(F)C1.Cc1cc(F)c(-c2cc(F)c(C)c(F)c2)c(F)c1.Cc1ccc(-c2cc(F)c(C)c(F)c2)cc1. The van der Waals surface area contributed by atoms with Crippen LogP contribution in [0.15, 0.2) is 108 Å². The van der Waals surface area contributed by atoms with Gasteiger partial charge in [-0.2, -0.15) is 0 Å². The second-order valence-electron chi connectivity index (χ2n) is 12.6. The predicted molar refractivity (Wildman–Crippen MR) is 189 cm³/mol. The van der Waals surface area contributed by atoms with Gasteiger partial charge in [0.1, 0.15) is 52.4 Å². The molecule has 270 valence electrons. The average molecular weight is 723 g/mol. The van der Waals surface area contributed by atoms with Gasteiger partial charge in [0.2, 0.25) is 0 Å². The standard InChI is InChI=1S/C15H13F3.C14H10F4.C14H12F2/c1-9-3-4-13(15(18)5-9)11-7-12(16)6-10(2)14(17)8-11;1-7-3-12(17)14(13(18)4-7)9-5-10(15)8(2)11(16)6-9;1-9-3-5-11(6-4-9)12-7-13(15)10(2)14(16)8-12/h3-5,7-8H,6H2,1-2H3;3-6H,1-2H3;3-8H,1-2H3. The summed E-state index contributed by atoms with van der Waals surface area (Å²) in [7, 11) is 0. The first-order valence-corrected chi connectivity index (χ1v) is 16.1. The molecule has 6 rings (SSSR count). The van der Waals surface area contributed by atoms with Gasteiger partial charge in [-0.25, -0.2) is 39.5 Å². The second kappa shape index (κ2) is 16.8. The molecule has 0 bridgehead atoms. The maximum absolute atomic E-state index is 13.8. The number of rotatable bonds is 3. The highest BCUT2D eigenvalue weighted by Gasteiger charge is 2.17. The van der Waals surface area contributed by atoms with Crippen LogP contribution >= 0.6 is 0 Å². The molecule has 0 aliphatic heterocycles. The minimum atomic E-state index is -0.838. The molecule has 0 heterocycles. The van der Waals surface area contributed by atoms with Crippen LogP contribution in [0.1, 0.15) is 46.7 Å². The summed E-state index contributed by atoms with van der Waals surface area (Å²) < 4.78 is 122. The molecule has 0 atom stereocenters. The van der Waals surface area contributed by atoms with Crippen molar-refractivity contribution in [1.29, 1.82) is 0 Å². The molecule has 0 saturated carbocycles. The molecule has 1 aliphatic rings. The minimum absolute atomic E-state index is 0.0656. The molecule has 0 aromatic heterocycles. The lowest BCUT2D eigenvalue weighted by atomic mass is 10.0. The maximum atomic E-state index is 13.8. The Bertz CT molecular complexity index is 2140. The fourth-order valence-corrected chi connectivity index (χ4v) is 5.19. The normalized spacial score (nSPS) is 12.6. The lowest BCUT2D eigenvalue weighted by Crippen LogP contribution is -1.96. The van der Waals surface area contributed by atoms with Crippen molar-refractivity contribution < 1.29 is 39.5 Å². The van der Waals surface area contributed by atoms with E-state index in [0.29, 0.717) is 16.7 Å². The van der Waals surface area contributed by atoms with Gasteiger partial charge in [-0.15, -0.1) is 0 Å². The van der Waals surface area contributed by atoms with Gasteiger partial charge in [-0.1, -0.05) is 42.0 Å². The zero-order valence-electron chi connectivity index (χ0n) is 29.3. The molecule has 0 saturated heterocycles. The van der Waals surface area contributed by atoms with E-state index in [1.165, 1.54) is 64.1 Å². The lowest BCUT2D eigenvalue weighted by Gasteiger charge is -2.08. The molecule has 1 aliphatic carbocycles. The number of allylic oxidation sites excluding steroid dienone is 6. The first-order chi connectivity index (χ1) is 24.4. The smallest absolute Gasteiger partial charge is 0.134 e. The molecule has 0 fully saturated rings. The molecule has 0 radical (unpaired) electrons. The Hall–Kier alpha value is -5.31. The second-order valence-corrected chi connectivity index (χ2v) is 12.6. The van der Waals surface area contributed by atoms with Crippen molar-refractivity contribution in [2.45, 2.75) is 48.0 Å². The zero-order valence-corrected chi connectivity index (χ0v) is 29.3. The Morgan fingerprint density at radius 2 is 0.865 bits per heavy atom. The van der Waals surface area contributed by atoms with Crippen molar-refractivity contribution in [2.75, 3.05) is 0 Å². The Kier molecular flexibility index (Phi) is 12.8. The van der Waals surface area contributed by atoms with E-state index >= 15 is 0 Å². The van der Waals surface area contributed by atoms with Gasteiger partial charge in [-0.3, -0.25) is 0 Å². The summed E-state index contributed by atoms with van der Waals surface area (Å²) in [5.41, 5.74) is 3.75. The molecule has 0 spiro atoms. The Morgan fingerprint density at radius 1 is 0.404 bits per heavy atom. The summed E-state index contributed by atoms with van der Waals surface area (Å²) in [6.07, 6.45) is 2.29. The summed E-state index contributed by atoms with van der Waals surface area (Å²) in [6, 6.07) is 19.0. The predicted octanol–water partition coefficient (Wildman–Crippen LogP) is 13.8. The van der Waals surface area contributed by atoms with E-state index in [2.05, 4.69) is 0 Å². The van der Waals surface area contributed by atoms with E-state index < -0.39 is 57.9 Å². The van der Waals surface area contributed by atoms with E-state index in [1.807, 2.05) is 31.2 Å². The van der Waals surface area contributed by atoms with Gasteiger partial charge in [0.05, 0.1) is 5.56 Å². The fourth-order valence-electron chi connectivity index (χ4n) is 5.19. The Balaban J connectivity index is 0.000000175. The number of hydrogen-bond donors (Lipinski definition) is 0. The number of benzene rings is 5. The minimum Gasteiger partial charge on any atom is -0.211 e. The largest absolute Gasteiger partial charge is 0.211 e. The quantitative estimate of drug-likeness (QED) is 0.163. The van der Waals surface area contributed by atoms with Gasteiger partial charge in [-0.05, 0) is 135 Å². The van der Waals surface area contributed by atoms with Crippen LogP contribution in [0.5, 0.6) is 0 Å². The van der Waals surface area contributed by atoms with Crippen LogP contribution in [0.2, 0.25) is 0 Å². The topological polar surface area (TPSA) is 0 Å². The van der Waals surface area contributed by atoms with Crippen LogP contribution in [0.4, 0.5) is 39.5 Å². The van der Waals surface area contributed by atoms with Crippen molar-refractivity contribution in [3.63, 3.8) is 0 Å². The third kappa shape index (κ3) is 9.72. The van der Waals surface area contributed by atoms with E-state index in [-0.39, 0.29) is 34.2 Å². The number of halogens is 9. The Morgan fingerprint density at radius 3 is 1.37 bits per heavy atom. The van der Waals surface area contributed by atoms with Crippen LogP contribution in [0, 0.1) is 75.3 Å². The van der Waals surface area contributed by atoms with Crippen molar-refractivity contribution in [1.82, 2.24) is 0 Å². The van der Waals surface area contributed by atoms with Crippen LogP contribution in [0.25, 0.3) is 27.8 Å². The van der Waals surface area contributed by atoms with Crippen molar-refractivity contribution in [2.24, 2.45) is 0 Å². The van der Waals surface area contributed by atoms with Crippen molar-refractivity contribution in [3.8, 4) is 22.3 Å². The molecule has 0 nitrogen and oxygen atoms in total. The fraction of sp³-hybridized carbons (Fsp3) is 0.163. The molecule has 0 amide bonds. The highest BCUT2D eigenvalue weighted by atomic mass is 19.2. The number of hydrogen-bond acceptors (Lipinski definition) is 0. The van der Waals surface area contributed by atoms with Gasteiger partial charge in [0.15, 0.2) is 0 Å². The average Bonchev–Trinajstić information content (AvgIpc) is 3.18. The van der Waals surface area contributed by atoms with Crippen molar-refractivity contribution >= 4 is 5.57 Å². The summed E-state index contributed by atoms with van der Waals surface area (Å²) in [4.78, 5) is 0. The van der Waals surface area contributed by atoms with E-state index in [1.54, 1.807) is 13.0 Å². The molecule has 0 N–H and O–H groups in total. The lowest BCUT2D eigenvalue weighted by molar-refractivity contribution is 0.565. The van der Waals surface area contributed by atoms with E-state index in [9.17, 15) is 39.5 Å². The summed E-state index contributed by atoms with van der Waals surface area (Å²) >= 11 is 0. The first kappa shape index (κ1) is 39.5. The molecular weight excluding hydrogens is 687 g/mol. The van der Waals surface area contributed by atoms with Crippen LogP contribution in [-0.2, 0) is 0 Å². The van der Waals surface area contributed by atoms with Crippen molar-refractivity contribution in [3.05, 3.63) is 182 Å². The van der Waals surface area contributed by atoms with Gasteiger partial charge in [0.25, 0.3) is 0 Å². The monoisotopic (exact) mass is 722 g/mol. The molecule has 9 heteroatoms. The van der Waals surface area contributed by atoms with Gasteiger partial charge in [0, 0.05) is 23.1 Å². The third-order valence-electron chi connectivity index (χ3n) is 8.29. The van der Waals surface area contributed by atoms with Crippen LogP contribution in [0.3, 0.4) is 0 Å². The molecule has 52 heavy (non-hydrogen) atoms. The maximum Gasteiger partial charge on any atom is 0.134 e. The molecule has 5 aromatic rings. The number of aryl methyl sites for hydroxylation is 3.